The molecule has 1 saturated heterocycles. The summed E-state index contributed by atoms with van der Waals surface area (Å²) in [6.45, 7) is 4.53. The number of hydrogen-bond acceptors (Lipinski definition) is 4. The largest absolute Gasteiger partial charge is 0.496 e. The number of methoxy groups -OCH3 is 1. The predicted molar refractivity (Wildman–Crippen MR) is 96.3 cm³/mol. The normalized spacial score (nSPS) is 18.7. The molecule has 0 bridgehead atoms. The molecule has 1 N–H and O–H groups in total. The number of hydrogen-bond donors (Lipinski definition) is 1. The highest BCUT2D eigenvalue weighted by atomic mass is 32.2. The smallest absolute Gasteiger partial charge is 0.278 e. The molecule has 2 rings (SSSR count). The second-order valence-corrected chi connectivity index (χ2v) is 8.58. The van der Waals surface area contributed by atoms with E-state index in [0.29, 0.717) is 6.54 Å². The molecule has 1 unspecified atom stereocenters. The fraction of sp³-hybridized carbons (Fsp3) is 0.647. The lowest BCUT2D eigenvalue weighted by Gasteiger charge is -2.37. The standard InChI is InChI=1S/C17H29N3O3S/c1-14-9-11-20(12-10-14)16(13-18-24(21,22)19(2)3)15-7-5-6-8-17(15)23-4/h5-8,14,16,18H,9-13H2,1-4H3. The zero-order valence-electron chi connectivity index (χ0n) is 15.0. The van der Waals surface area contributed by atoms with E-state index in [0.717, 1.165) is 43.2 Å². The Morgan fingerprint density at radius 2 is 1.92 bits per heavy atom. The van der Waals surface area contributed by atoms with E-state index in [1.54, 1.807) is 7.11 Å². The highest BCUT2D eigenvalue weighted by Crippen LogP contribution is 2.32. The lowest BCUT2D eigenvalue weighted by Crippen LogP contribution is -2.44. The van der Waals surface area contributed by atoms with E-state index >= 15 is 0 Å². The van der Waals surface area contributed by atoms with E-state index in [1.807, 2.05) is 24.3 Å². The third kappa shape index (κ3) is 4.69. The molecule has 0 aliphatic carbocycles. The summed E-state index contributed by atoms with van der Waals surface area (Å²) in [5, 5.41) is 0. The zero-order valence-corrected chi connectivity index (χ0v) is 15.8. The van der Waals surface area contributed by atoms with Crippen molar-refractivity contribution in [2.75, 3.05) is 40.8 Å². The summed E-state index contributed by atoms with van der Waals surface area (Å²) >= 11 is 0. The Hall–Kier alpha value is -1.15. The average molecular weight is 356 g/mol. The minimum Gasteiger partial charge on any atom is -0.496 e. The van der Waals surface area contributed by atoms with Crippen LogP contribution in [0.25, 0.3) is 0 Å². The molecule has 1 fully saturated rings. The molecule has 6 nitrogen and oxygen atoms in total. The Balaban J connectivity index is 2.24. The third-order valence-corrected chi connectivity index (χ3v) is 6.19. The highest BCUT2D eigenvalue weighted by Gasteiger charge is 2.28. The lowest BCUT2D eigenvalue weighted by molar-refractivity contribution is 0.137. The first kappa shape index (κ1) is 19.2. The van der Waals surface area contributed by atoms with Gasteiger partial charge in [-0.25, -0.2) is 4.72 Å². The van der Waals surface area contributed by atoms with Gasteiger partial charge in [0.25, 0.3) is 10.2 Å². The molecule has 136 valence electrons. The van der Waals surface area contributed by atoms with Gasteiger partial charge in [-0.2, -0.15) is 12.7 Å². The van der Waals surface area contributed by atoms with Crippen LogP contribution in [0.1, 0.15) is 31.4 Å². The average Bonchev–Trinajstić information content (AvgIpc) is 2.56. The van der Waals surface area contributed by atoms with Crippen LogP contribution in [0.5, 0.6) is 5.75 Å². The van der Waals surface area contributed by atoms with Crippen LogP contribution >= 0.6 is 0 Å². The SMILES string of the molecule is COc1ccccc1C(CNS(=O)(=O)N(C)C)N1CCC(C)CC1. The van der Waals surface area contributed by atoms with Crippen molar-refractivity contribution >= 4 is 10.2 Å². The van der Waals surface area contributed by atoms with Crippen molar-refractivity contribution in [2.24, 2.45) is 5.92 Å². The van der Waals surface area contributed by atoms with Gasteiger partial charge in [-0.3, -0.25) is 4.90 Å². The van der Waals surface area contributed by atoms with Gasteiger partial charge in [0.15, 0.2) is 0 Å². The molecule has 1 aromatic rings. The summed E-state index contributed by atoms with van der Waals surface area (Å²) in [5.41, 5.74) is 1.02. The molecule has 1 heterocycles. The number of piperidine rings is 1. The van der Waals surface area contributed by atoms with Crippen molar-refractivity contribution in [3.05, 3.63) is 29.8 Å². The predicted octanol–water partition coefficient (Wildman–Crippen LogP) is 1.86. The monoisotopic (exact) mass is 355 g/mol. The number of ether oxygens (including phenoxy) is 1. The van der Waals surface area contributed by atoms with E-state index in [1.165, 1.54) is 18.4 Å². The molecule has 0 aromatic heterocycles. The summed E-state index contributed by atoms with van der Waals surface area (Å²) < 4.78 is 33.7. The van der Waals surface area contributed by atoms with Crippen LogP contribution in [0, 0.1) is 5.92 Å². The van der Waals surface area contributed by atoms with Gasteiger partial charge in [0.2, 0.25) is 0 Å². The fourth-order valence-corrected chi connectivity index (χ4v) is 3.66. The second-order valence-electron chi connectivity index (χ2n) is 6.61. The maximum Gasteiger partial charge on any atom is 0.278 e. The molecule has 1 aliphatic rings. The fourth-order valence-electron chi connectivity index (χ4n) is 3.03. The second kappa shape index (κ2) is 8.29. The third-order valence-electron chi connectivity index (χ3n) is 4.70. The molecular formula is C17H29N3O3S. The summed E-state index contributed by atoms with van der Waals surface area (Å²) in [7, 11) is 1.26. The van der Waals surface area contributed by atoms with Crippen molar-refractivity contribution in [3.63, 3.8) is 0 Å². The summed E-state index contributed by atoms with van der Waals surface area (Å²) in [4.78, 5) is 2.36. The summed E-state index contributed by atoms with van der Waals surface area (Å²) in [6.07, 6.45) is 2.26. The van der Waals surface area contributed by atoms with Gasteiger partial charge in [-0.1, -0.05) is 25.1 Å². The van der Waals surface area contributed by atoms with Crippen molar-refractivity contribution in [3.8, 4) is 5.75 Å². The number of benzene rings is 1. The molecule has 1 aliphatic heterocycles. The van der Waals surface area contributed by atoms with Gasteiger partial charge in [0.1, 0.15) is 5.75 Å². The van der Waals surface area contributed by atoms with Gasteiger partial charge >= 0.3 is 0 Å². The van der Waals surface area contributed by atoms with Crippen LogP contribution < -0.4 is 9.46 Å². The minimum absolute atomic E-state index is 0.0385. The Labute approximate surface area is 146 Å². The topological polar surface area (TPSA) is 61.9 Å². The van der Waals surface area contributed by atoms with Crippen LogP contribution in [0.2, 0.25) is 0 Å². The molecule has 0 amide bonds. The quantitative estimate of drug-likeness (QED) is 0.811. The zero-order chi connectivity index (χ0) is 17.7. The first-order valence-electron chi connectivity index (χ1n) is 8.39. The molecular weight excluding hydrogens is 326 g/mol. The van der Waals surface area contributed by atoms with Crippen molar-refractivity contribution < 1.29 is 13.2 Å². The van der Waals surface area contributed by atoms with E-state index in [9.17, 15) is 8.42 Å². The minimum atomic E-state index is -3.45. The van der Waals surface area contributed by atoms with E-state index in [-0.39, 0.29) is 6.04 Å². The van der Waals surface area contributed by atoms with Crippen molar-refractivity contribution in [2.45, 2.75) is 25.8 Å². The van der Waals surface area contributed by atoms with Crippen LogP contribution in [0.4, 0.5) is 0 Å². The number of para-hydroxylation sites is 1. The van der Waals surface area contributed by atoms with Gasteiger partial charge in [-0.15, -0.1) is 0 Å². The van der Waals surface area contributed by atoms with Crippen LogP contribution in [-0.2, 0) is 10.2 Å². The highest BCUT2D eigenvalue weighted by molar-refractivity contribution is 7.87. The van der Waals surface area contributed by atoms with Crippen LogP contribution in [0.3, 0.4) is 0 Å². The van der Waals surface area contributed by atoms with Crippen molar-refractivity contribution in [1.82, 2.24) is 13.9 Å². The number of likely N-dealkylation sites (tertiary alicyclic amines) is 1. The van der Waals surface area contributed by atoms with Crippen LogP contribution in [-0.4, -0.2) is 58.5 Å². The number of nitrogens with zero attached hydrogens (tertiary/aromatic N) is 2. The van der Waals surface area contributed by atoms with Gasteiger partial charge in [-0.05, 0) is 37.9 Å². The van der Waals surface area contributed by atoms with Gasteiger partial charge < -0.3 is 4.74 Å². The Bertz CT molecular complexity index is 626. The lowest BCUT2D eigenvalue weighted by atomic mass is 9.95. The Morgan fingerprint density at radius 1 is 1.29 bits per heavy atom. The first-order chi connectivity index (χ1) is 11.3. The number of rotatable bonds is 7. The van der Waals surface area contributed by atoms with Gasteiger partial charge in [0.05, 0.1) is 13.2 Å². The number of nitrogens with one attached hydrogen (secondary N) is 1. The maximum absolute atomic E-state index is 12.1. The van der Waals surface area contributed by atoms with E-state index < -0.39 is 10.2 Å². The molecule has 24 heavy (non-hydrogen) atoms. The molecule has 0 saturated carbocycles. The molecule has 7 heteroatoms. The van der Waals surface area contributed by atoms with Crippen LogP contribution in [0.15, 0.2) is 24.3 Å². The first-order valence-corrected chi connectivity index (χ1v) is 9.83. The Kier molecular flexibility index (Phi) is 6.62. The van der Waals surface area contributed by atoms with Gasteiger partial charge in [0, 0.05) is 26.2 Å². The van der Waals surface area contributed by atoms with E-state index in [4.69, 9.17) is 4.74 Å². The van der Waals surface area contributed by atoms with Crippen molar-refractivity contribution in [1.29, 1.82) is 0 Å². The molecule has 0 radical (unpaired) electrons. The summed E-state index contributed by atoms with van der Waals surface area (Å²) in [5.74, 6) is 1.52. The van der Waals surface area contributed by atoms with E-state index in [2.05, 4.69) is 16.5 Å². The summed E-state index contributed by atoms with van der Waals surface area (Å²) in [6, 6.07) is 7.81. The molecule has 1 aromatic carbocycles. The molecule has 1 atom stereocenters. The molecule has 0 spiro atoms. The Morgan fingerprint density at radius 3 is 2.50 bits per heavy atom. The maximum atomic E-state index is 12.1.